The van der Waals surface area contributed by atoms with E-state index in [-0.39, 0.29) is 17.2 Å². The van der Waals surface area contributed by atoms with Gasteiger partial charge in [0.05, 0.1) is 11.7 Å². The minimum absolute atomic E-state index is 0.0426. The summed E-state index contributed by atoms with van der Waals surface area (Å²) in [7, 11) is 0. The molecule has 22 heavy (non-hydrogen) atoms. The number of thioether (sulfide) groups is 1. The molecule has 1 heterocycles. The molecular weight excluding hydrogens is 300 g/mol. The molecular formula is C16H21N2O3S-. The molecule has 0 saturated heterocycles. The van der Waals surface area contributed by atoms with Crippen LogP contribution in [0.2, 0.25) is 0 Å². The van der Waals surface area contributed by atoms with Crippen molar-refractivity contribution in [1.82, 2.24) is 9.88 Å². The van der Waals surface area contributed by atoms with Gasteiger partial charge < -0.3 is 14.8 Å². The summed E-state index contributed by atoms with van der Waals surface area (Å²) in [6.07, 6.45) is 7.27. The Morgan fingerprint density at radius 1 is 1.36 bits per heavy atom. The van der Waals surface area contributed by atoms with Gasteiger partial charge >= 0.3 is 0 Å². The summed E-state index contributed by atoms with van der Waals surface area (Å²) in [6, 6.07) is 3.34. The van der Waals surface area contributed by atoms with Crippen LogP contribution in [-0.2, 0) is 4.79 Å². The largest absolute Gasteiger partial charge is 0.545 e. The van der Waals surface area contributed by atoms with Crippen molar-refractivity contribution in [1.29, 1.82) is 0 Å². The first-order chi connectivity index (χ1) is 10.6. The van der Waals surface area contributed by atoms with Gasteiger partial charge in [-0.05, 0) is 31.9 Å². The van der Waals surface area contributed by atoms with Crippen molar-refractivity contribution in [2.75, 3.05) is 12.3 Å². The molecule has 0 unspecified atom stereocenters. The Morgan fingerprint density at radius 2 is 2.09 bits per heavy atom. The quantitative estimate of drug-likeness (QED) is 0.746. The highest BCUT2D eigenvalue weighted by Crippen LogP contribution is 2.25. The highest BCUT2D eigenvalue weighted by molar-refractivity contribution is 8.00. The van der Waals surface area contributed by atoms with E-state index in [1.165, 1.54) is 43.3 Å². The van der Waals surface area contributed by atoms with Gasteiger partial charge in [-0.2, -0.15) is 0 Å². The summed E-state index contributed by atoms with van der Waals surface area (Å²) >= 11 is 1.17. The summed E-state index contributed by atoms with van der Waals surface area (Å²) in [6.45, 7) is 2.68. The third kappa shape index (κ3) is 4.22. The monoisotopic (exact) mass is 321 g/mol. The lowest BCUT2D eigenvalue weighted by Crippen LogP contribution is -2.42. The zero-order valence-corrected chi connectivity index (χ0v) is 13.6. The minimum Gasteiger partial charge on any atom is -0.545 e. The number of rotatable bonds is 6. The van der Waals surface area contributed by atoms with Crippen molar-refractivity contribution in [2.45, 2.75) is 50.1 Å². The number of aromatic carboxylic acids is 1. The maximum absolute atomic E-state index is 12.4. The van der Waals surface area contributed by atoms with Crippen molar-refractivity contribution in [3.63, 3.8) is 0 Å². The van der Waals surface area contributed by atoms with E-state index in [0.717, 1.165) is 12.8 Å². The molecule has 2 rings (SSSR count). The highest BCUT2D eigenvalue weighted by atomic mass is 32.2. The molecule has 5 nitrogen and oxygen atoms in total. The molecule has 0 atom stereocenters. The number of hydrogen-bond acceptors (Lipinski definition) is 5. The van der Waals surface area contributed by atoms with E-state index in [9.17, 15) is 14.7 Å². The Labute approximate surface area is 135 Å². The standard InChI is InChI=1S/C16H22N2O3S/c1-2-18(12-7-4-3-5-8-12)14(19)11-22-15-13(16(20)21)9-6-10-17-15/h6,9-10,12H,2-5,7-8,11H2,1H3,(H,20,21)/p-1. The number of carbonyl (C=O) groups is 2. The van der Waals surface area contributed by atoms with Gasteiger partial charge in [0.2, 0.25) is 5.91 Å². The first-order valence-corrected chi connectivity index (χ1v) is 8.70. The number of aromatic nitrogens is 1. The van der Waals surface area contributed by atoms with E-state index < -0.39 is 5.97 Å². The molecule has 1 fully saturated rings. The summed E-state index contributed by atoms with van der Waals surface area (Å²) in [5.74, 6) is -1.00. The predicted molar refractivity (Wildman–Crippen MR) is 83.6 cm³/mol. The summed E-state index contributed by atoms with van der Waals surface area (Å²) in [5.41, 5.74) is 0.0426. The minimum atomic E-state index is -1.26. The number of hydrogen-bond donors (Lipinski definition) is 0. The van der Waals surface area contributed by atoms with Gasteiger partial charge in [-0.1, -0.05) is 31.0 Å². The number of carboxylic acids is 1. The van der Waals surface area contributed by atoms with Crippen molar-refractivity contribution < 1.29 is 14.7 Å². The van der Waals surface area contributed by atoms with Crippen LogP contribution in [-0.4, -0.2) is 40.1 Å². The van der Waals surface area contributed by atoms with Crippen LogP contribution >= 0.6 is 11.8 Å². The van der Waals surface area contributed by atoms with Crippen LogP contribution in [0.25, 0.3) is 0 Å². The van der Waals surface area contributed by atoms with Crippen LogP contribution in [0.1, 0.15) is 49.4 Å². The fraction of sp³-hybridized carbons (Fsp3) is 0.562. The Hall–Kier alpha value is -1.56. The second-order valence-electron chi connectivity index (χ2n) is 5.40. The first-order valence-electron chi connectivity index (χ1n) is 7.72. The maximum atomic E-state index is 12.4. The number of pyridine rings is 1. The van der Waals surface area contributed by atoms with E-state index in [0.29, 0.717) is 17.6 Å². The number of carbonyl (C=O) groups excluding carboxylic acids is 2. The van der Waals surface area contributed by atoms with Crippen LogP contribution in [0.4, 0.5) is 0 Å². The molecule has 1 saturated carbocycles. The van der Waals surface area contributed by atoms with E-state index in [4.69, 9.17) is 0 Å². The topological polar surface area (TPSA) is 73.3 Å². The van der Waals surface area contributed by atoms with E-state index >= 15 is 0 Å². The lowest BCUT2D eigenvalue weighted by Gasteiger charge is -2.33. The molecule has 1 aromatic rings. The van der Waals surface area contributed by atoms with Gasteiger partial charge in [0.25, 0.3) is 0 Å². The third-order valence-corrected chi connectivity index (χ3v) is 4.99. The van der Waals surface area contributed by atoms with Gasteiger partial charge in [0, 0.05) is 24.3 Å². The third-order valence-electron chi connectivity index (χ3n) is 4.00. The Bertz CT molecular complexity index is 530. The normalized spacial score (nSPS) is 15.5. The summed E-state index contributed by atoms with van der Waals surface area (Å²) in [4.78, 5) is 29.5. The van der Waals surface area contributed by atoms with Crippen LogP contribution < -0.4 is 5.11 Å². The number of nitrogens with zero attached hydrogens (tertiary/aromatic N) is 2. The summed E-state index contributed by atoms with van der Waals surface area (Å²) in [5, 5.41) is 11.4. The molecule has 0 spiro atoms. The SMILES string of the molecule is CCN(C(=O)CSc1ncccc1C(=O)[O-])C1CCCCC1. The molecule has 0 aliphatic heterocycles. The second kappa shape index (κ2) is 8.17. The molecule has 0 aromatic carbocycles. The zero-order chi connectivity index (χ0) is 15.9. The lowest BCUT2D eigenvalue weighted by molar-refractivity contribution is -0.255. The summed E-state index contributed by atoms with van der Waals surface area (Å²) < 4.78 is 0. The van der Waals surface area contributed by atoms with Crippen LogP contribution in [0.3, 0.4) is 0 Å². The molecule has 1 aromatic heterocycles. The first kappa shape index (κ1) is 16.8. The van der Waals surface area contributed by atoms with E-state index in [1.807, 2.05) is 11.8 Å². The average molecular weight is 321 g/mol. The van der Waals surface area contributed by atoms with Crippen molar-refractivity contribution in [2.24, 2.45) is 0 Å². The second-order valence-corrected chi connectivity index (χ2v) is 6.37. The molecule has 1 amide bonds. The van der Waals surface area contributed by atoms with Gasteiger partial charge in [-0.15, -0.1) is 0 Å². The fourth-order valence-corrected chi connectivity index (χ4v) is 3.77. The molecule has 1 aliphatic rings. The molecule has 120 valence electrons. The van der Waals surface area contributed by atoms with Crippen LogP contribution in [0, 0.1) is 0 Å². The van der Waals surface area contributed by atoms with E-state index in [1.54, 1.807) is 6.07 Å². The Kier molecular flexibility index (Phi) is 6.24. The molecule has 6 heteroatoms. The van der Waals surface area contributed by atoms with Crippen molar-refractivity contribution >= 4 is 23.6 Å². The van der Waals surface area contributed by atoms with Gasteiger partial charge in [0.1, 0.15) is 5.03 Å². The molecule has 0 bridgehead atoms. The molecule has 0 radical (unpaired) electrons. The van der Waals surface area contributed by atoms with E-state index in [2.05, 4.69) is 4.98 Å². The van der Waals surface area contributed by atoms with Crippen molar-refractivity contribution in [3.05, 3.63) is 23.9 Å². The average Bonchev–Trinajstić information content (AvgIpc) is 2.55. The van der Waals surface area contributed by atoms with Gasteiger partial charge in [-0.25, -0.2) is 4.98 Å². The van der Waals surface area contributed by atoms with Gasteiger partial charge in [-0.3, -0.25) is 4.79 Å². The Balaban J connectivity index is 1.98. The van der Waals surface area contributed by atoms with Crippen LogP contribution in [0.5, 0.6) is 0 Å². The highest BCUT2D eigenvalue weighted by Gasteiger charge is 2.24. The molecule has 1 aliphatic carbocycles. The lowest BCUT2D eigenvalue weighted by atomic mass is 9.94. The predicted octanol–water partition coefficient (Wildman–Crippen LogP) is 1.72. The fourth-order valence-electron chi connectivity index (χ4n) is 2.91. The Morgan fingerprint density at radius 3 is 2.73 bits per heavy atom. The van der Waals surface area contributed by atoms with Crippen LogP contribution in [0.15, 0.2) is 23.4 Å². The van der Waals surface area contributed by atoms with Gasteiger partial charge in [0.15, 0.2) is 0 Å². The zero-order valence-electron chi connectivity index (χ0n) is 12.8. The number of amides is 1. The smallest absolute Gasteiger partial charge is 0.233 e. The maximum Gasteiger partial charge on any atom is 0.233 e. The van der Waals surface area contributed by atoms with Crippen molar-refractivity contribution in [3.8, 4) is 0 Å². The number of carboxylic acid groups (broad SMARTS) is 1. The molecule has 0 N–H and O–H groups in total.